The first-order valence-electron chi connectivity index (χ1n) is 12.2. The number of amides is 2. The summed E-state index contributed by atoms with van der Waals surface area (Å²) in [5, 5.41) is 5.62. The van der Waals surface area contributed by atoms with Gasteiger partial charge in [0.1, 0.15) is 23.0 Å². The van der Waals surface area contributed by atoms with Gasteiger partial charge >= 0.3 is 0 Å². The van der Waals surface area contributed by atoms with Crippen molar-refractivity contribution in [1.82, 2.24) is 0 Å². The summed E-state index contributed by atoms with van der Waals surface area (Å²) in [6, 6.07) is 21.5. The summed E-state index contributed by atoms with van der Waals surface area (Å²) >= 11 is 13.8. The number of anilines is 2. The topological polar surface area (TPSA) is 85.9 Å². The molecule has 0 aromatic heterocycles. The number of benzene rings is 4. The Hall–Kier alpha value is -2.86. The zero-order valence-corrected chi connectivity index (χ0v) is 28.2. The molecule has 41 heavy (non-hydrogen) atoms. The highest BCUT2D eigenvalue weighted by molar-refractivity contribution is 9.11. The van der Waals surface area contributed by atoms with Crippen LogP contribution in [-0.4, -0.2) is 25.0 Å². The van der Waals surface area contributed by atoms with Crippen LogP contribution < -0.4 is 24.8 Å². The van der Waals surface area contributed by atoms with Crippen molar-refractivity contribution < 1.29 is 23.8 Å². The van der Waals surface area contributed by atoms with E-state index in [0.29, 0.717) is 34.4 Å². The summed E-state index contributed by atoms with van der Waals surface area (Å²) in [7, 11) is 0. The van der Waals surface area contributed by atoms with Gasteiger partial charge in [0.05, 0.1) is 8.95 Å². The molecule has 4 aromatic rings. The van der Waals surface area contributed by atoms with Crippen molar-refractivity contribution in [3.8, 4) is 23.0 Å². The number of hydrogen-bond donors (Lipinski definition) is 2. The van der Waals surface area contributed by atoms with Crippen LogP contribution in [0.2, 0.25) is 0 Å². The fourth-order valence-corrected chi connectivity index (χ4v) is 6.87. The van der Waals surface area contributed by atoms with E-state index < -0.39 is 0 Å². The van der Waals surface area contributed by atoms with Crippen molar-refractivity contribution in [2.75, 3.05) is 23.8 Å². The third kappa shape index (κ3) is 9.06. The molecule has 0 unspecified atom stereocenters. The minimum atomic E-state index is -0.282. The largest absolute Gasteiger partial charge is 0.482 e. The molecule has 4 aromatic carbocycles. The molecule has 0 radical (unpaired) electrons. The number of aryl methyl sites for hydroxylation is 2. The normalized spacial score (nSPS) is 10.6. The molecule has 0 aliphatic carbocycles. The zero-order valence-electron chi connectivity index (χ0n) is 21.9. The fraction of sp³-hybridized carbons (Fsp3) is 0.133. The average Bonchev–Trinajstić information content (AvgIpc) is 2.89. The SMILES string of the molecule is Cc1cc(Br)cc(Br)c1OCC(=O)Nc1ccc(Oc2ccc(NC(=O)COc3c(C)cc(Br)cc3Br)cc2)cc1. The molecule has 0 heterocycles. The fourth-order valence-electron chi connectivity index (χ4n) is 3.76. The van der Waals surface area contributed by atoms with Crippen molar-refractivity contribution >= 4 is 86.9 Å². The van der Waals surface area contributed by atoms with E-state index in [0.717, 1.165) is 29.0 Å². The molecule has 11 heteroatoms. The summed E-state index contributed by atoms with van der Waals surface area (Å²) in [5.41, 5.74) is 3.04. The lowest BCUT2D eigenvalue weighted by Crippen LogP contribution is -2.20. The number of halogens is 4. The Balaban J connectivity index is 1.24. The second-order valence-corrected chi connectivity index (χ2v) is 12.4. The minimum Gasteiger partial charge on any atom is -0.482 e. The molecule has 0 aliphatic rings. The predicted octanol–water partition coefficient (Wildman–Crippen LogP) is 9.18. The van der Waals surface area contributed by atoms with E-state index in [4.69, 9.17) is 14.2 Å². The third-order valence-electron chi connectivity index (χ3n) is 5.60. The van der Waals surface area contributed by atoms with E-state index in [-0.39, 0.29) is 25.0 Å². The average molecular weight is 812 g/mol. The van der Waals surface area contributed by atoms with Crippen molar-refractivity contribution in [3.05, 3.63) is 102 Å². The molecule has 0 saturated carbocycles. The van der Waals surface area contributed by atoms with Gasteiger partial charge in [0.15, 0.2) is 13.2 Å². The minimum absolute atomic E-state index is 0.129. The van der Waals surface area contributed by atoms with Gasteiger partial charge in [-0.15, -0.1) is 0 Å². The Labute approximate surface area is 271 Å². The van der Waals surface area contributed by atoms with E-state index >= 15 is 0 Å². The van der Waals surface area contributed by atoms with Gasteiger partial charge in [0, 0.05) is 20.3 Å². The van der Waals surface area contributed by atoms with Gasteiger partial charge in [-0.25, -0.2) is 0 Å². The van der Waals surface area contributed by atoms with Gasteiger partial charge in [-0.05, 0) is 130 Å². The monoisotopic (exact) mass is 808 g/mol. The summed E-state index contributed by atoms with van der Waals surface area (Å²) < 4.78 is 20.7. The first-order valence-corrected chi connectivity index (χ1v) is 15.4. The second kappa shape index (κ2) is 14.4. The van der Waals surface area contributed by atoms with Crippen molar-refractivity contribution in [1.29, 1.82) is 0 Å². The maximum absolute atomic E-state index is 12.4. The van der Waals surface area contributed by atoms with Crippen LogP contribution in [0.5, 0.6) is 23.0 Å². The Morgan fingerprint density at radius 3 is 1.32 bits per heavy atom. The lowest BCUT2D eigenvalue weighted by Gasteiger charge is -2.13. The van der Waals surface area contributed by atoms with Crippen LogP contribution in [0.3, 0.4) is 0 Å². The zero-order chi connectivity index (χ0) is 29.5. The van der Waals surface area contributed by atoms with Crippen LogP contribution in [0.15, 0.2) is 90.7 Å². The van der Waals surface area contributed by atoms with Crippen molar-refractivity contribution in [3.63, 3.8) is 0 Å². The van der Waals surface area contributed by atoms with Gasteiger partial charge < -0.3 is 24.8 Å². The molecule has 0 saturated heterocycles. The molecule has 0 spiro atoms. The van der Waals surface area contributed by atoms with Gasteiger partial charge in [-0.1, -0.05) is 31.9 Å². The number of hydrogen-bond acceptors (Lipinski definition) is 5. The Kier molecular flexibility index (Phi) is 10.9. The molecule has 2 N–H and O–H groups in total. The molecule has 0 aliphatic heterocycles. The summed E-state index contributed by atoms with van der Waals surface area (Å²) in [5.74, 6) is 1.86. The number of rotatable bonds is 10. The molecular weight excluding hydrogens is 788 g/mol. The van der Waals surface area contributed by atoms with E-state index in [9.17, 15) is 9.59 Å². The van der Waals surface area contributed by atoms with Crippen LogP contribution in [-0.2, 0) is 9.59 Å². The quantitative estimate of drug-likeness (QED) is 0.167. The smallest absolute Gasteiger partial charge is 0.262 e. The van der Waals surface area contributed by atoms with E-state index in [1.54, 1.807) is 48.5 Å². The van der Waals surface area contributed by atoms with Crippen molar-refractivity contribution in [2.24, 2.45) is 0 Å². The van der Waals surface area contributed by atoms with Crippen molar-refractivity contribution in [2.45, 2.75) is 13.8 Å². The van der Waals surface area contributed by atoms with E-state index in [2.05, 4.69) is 74.4 Å². The maximum atomic E-state index is 12.4. The van der Waals surface area contributed by atoms with Crippen LogP contribution in [0, 0.1) is 13.8 Å². The lowest BCUT2D eigenvalue weighted by molar-refractivity contribution is -0.118. The highest BCUT2D eigenvalue weighted by Crippen LogP contribution is 2.33. The third-order valence-corrected chi connectivity index (χ3v) is 7.69. The van der Waals surface area contributed by atoms with Crippen LogP contribution >= 0.6 is 63.7 Å². The standard InChI is InChI=1S/C30H24Br4N2O5/c1-17-11-19(31)13-25(33)29(17)39-15-27(37)35-21-3-7-23(8-4-21)41-24-9-5-22(6-10-24)36-28(38)16-40-30-18(2)12-20(32)14-26(30)34/h3-14H,15-16H2,1-2H3,(H,35,37)(H,36,38). The van der Waals surface area contributed by atoms with E-state index in [1.165, 1.54) is 0 Å². The first kappa shape index (κ1) is 31.1. The first-order chi connectivity index (χ1) is 19.6. The van der Waals surface area contributed by atoms with Crippen LogP contribution in [0.1, 0.15) is 11.1 Å². The Bertz CT molecular complexity index is 1400. The second-order valence-electron chi connectivity index (χ2n) is 8.89. The molecule has 0 atom stereocenters. The highest BCUT2D eigenvalue weighted by Gasteiger charge is 2.12. The van der Waals surface area contributed by atoms with Crippen LogP contribution in [0.25, 0.3) is 0 Å². The van der Waals surface area contributed by atoms with Gasteiger partial charge in [0.2, 0.25) is 0 Å². The highest BCUT2D eigenvalue weighted by atomic mass is 79.9. The molecule has 0 fully saturated rings. The molecule has 212 valence electrons. The van der Waals surface area contributed by atoms with Gasteiger partial charge in [0.25, 0.3) is 11.8 Å². The van der Waals surface area contributed by atoms with Gasteiger partial charge in [-0.2, -0.15) is 0 Å². The lowest BCUT2D eigenvalue weighted by atomic mass is 10.2. The van der Waals surface area contributed by atoms with Crippen LogP contribution in [0.4, 0.5) is 11.4 Å². The number of ether oxygens (including phenoxy) is 3. The summed E-state index contributed by atoms with van der Waals surface area (Å²) in [6.07, 6.45) is 0. The van der Waals surface area contributed by atoms with Gasteiger partial charge in [-0.3, -0.25) is 9.59 Å². The number of carbonyl (C=O) groups excluding carboxylic acids is 2. The molecular formula is C30H24Br4N2O5. The molecule has 4 rings (SSSR count). The predicted molar refractivity (Wildman–Crippen MR) is 174 cm³/mol. The molecule has 7 nitrogen and oxygen atoms in total. The summed E-state index contributed by atoms with van der Waals surface area (Å²) in [6.45, 7) is 3.56. The Morgan fingerprint density at radius 2 is 0.976 bits per heavy atom. The molecule has 0 bridgehead atoms. The number of carbonyl (C=O) groups is 2. The van der Waals surface area contributed by atoms with E-state index in [1.807, 2.05) is 38.1 Å². The summed E-state index contributed by atoms with van der Waals surface area (Å²) in [4.78, 5) is 24.8. The Morgan fingerprint density at radius 1 is 0.610 bits per heavy atom. The number of nitrogens with one attached hydrogen (secondary N) is 2. The molecule has 2 amide bonds. The maximum Gasteiger partial charge on any atom is 0.262 e.